The van der Waals surface area contributed by atoms with E-state index in [2.05, 4.69) is 16.8 Å². The molecule has 0 N–H and O–H groups in total. The van der Waals surface area contributed by atoms with Gasteiger partial charge in [0.05, 0.1) is 7.11 Å². The normalized spacial score (nSPS) is 8.92. The zero-order chi connectivity index (χ0) is 9.84. The summed E-state index contributed by atoms with van der Waals surface area (Å²) in [5, 5.41) is 0. The lowest BCUT2D eigenvalue weighted by Crippen LogP contribution is -1.89. The fraction of sp³-hybridized carbons (Fsp3) is 0.273. The Morgan fingerprint density at radius 2 is 2.00 bits per heavy atom. The van der Waals surface area contributed by atoms with Crippen molar-refractivity contribution in [1.82, 2.24) is 0 Å². The lowest BCUT2D eigenvalue weighted by atomic mass is 10.1. The number of hydrogen-bond acceptors (Lipinski definition) is 1. The summed E-state index contributed by atoms with van der Waals surface area (Å²) in [5.74, 6) is 2.47. The summed E-state index contributed by atoms with van der Waals surface area (Å²) >= 11 is 0. The van der Waals surface area contributed by atoms with Crippen molar-refractivity contribution >= 4 is 0 Å². The number of rotatable bonds is 0. The number of ether oxygens (including phenoxy) is 1. The third-order valence-electron chi connectivity index (χ3n) is 1.90. The van der Waals surface area contributed by atoms with Crippen LogP contribution in [-0.4, -0.2) is 7.11 Å². The van der Waals surface area contributed by atoms with Crippen LogP contribution in [0, 0.1) is 31.7 Å². The summed E-state index contributed by atoms with van der Waals surface area (Å²) in [6.07, 6.45) is 2.42. The molecule has 0 heterocycles. The fourth-order valence-corrected chi connectivity index (χ4v) is 0.998. The summed E-state index contributed by atoms with van der Waals surface area (Å²) in [7, 11) is 1.48. The first kappa shape index (κ1) is 9.60. The maximum atomic E-state index is 13.2. The molecule has 0 fully saturated rings. The van der Waals surface area contributed by atoms with Gasteiger partial charge in [-0.3, -0.25) is 0 Å². The molecule has 1 nitrogen and oxygen atoms in total. The van der Waals surface area contributed by atoms with Gasteiger partial charge in [-0.15, -0.1) is 0 Å². The fourth-order valence-electron chi connectivity index (χ4n) is 0.998. The van der Waals surface area contributed by atoms with Crippen molar-refractivity contribution in [2.75, 3.05) is 7.11 Å². The molecule has 0 radical (unpaired) electrons. The van der Waals surface area contributed by atoms with Gasteiger partial charge >= 0.3 is 0 Å². The molecular formula is C11H11FO. The first-order valence-electron chi connectivity index (χ1n) is 3.96. The topological polar surface area (TPSA) is 9.23 Å². The molecule has 1 aromatic carbocycles. The van der Waals surface area contributed by atoms with E-state index in [1.807, 2.05) is 13.0 Å². The second-order valence-electron chi connectivity index (χ2n) is 2.83. The first-order chi connectivity index (χ1) is 6.15. The van der Waals surface area contributed by atoms with Gasteiger partial charge in [0.25, 0.3) is 0 Å². The lowest BCUT2D eigenvalue weighted by Gasteiger charge is -2.01. The van der Waals surface area contributed by atoms with Crippen molar-refractivity contribution in [3.63, 3.8) is 0 Å². The van der Waals surface area contributed by atoms with Crippen LogP contribution in [-0.2, 0) is 4.74 Å². The SMILES string of the molecule is COC#Cc1cc(C)c(C)c(F)c1. The van der Waals surface area contributed by atoms with Gasteiger partial charge in [-0.05, 0) is 43.0 Å². The Balaban J connectivity index is 3.13. The zero-order valence-corrected chi connectivity index (χ0v) is 7.94. The molecule has 0 atom stereocenters. The quantitative estimate of drug-likeness (QED) is 0.554. The number of aryl methyl sites for hydroxylation is 1. The van der Waals surface area contributed by atoms with Crippen molar-refractivity contribution in [2.24, 2.45) is 0 Å². The molecular weight excluding hydrogens is 167 g/mol. The Bertz CT molecular complexity index is 348. The van der Waals surface area contributed by atoms with Gasteiger partial charge in [-0.1, -0.05) is 0 Å². The summed E-state index contributed by atoms with van der Waals surface area (Å²) in [6, 6.07) is 3.25. The average Bonchev–Trinajstić information content (AvgIpc) is 2.10. The molecule has 0 saturated heterocycles. The van der Waals surface area contributed by atoms with Crippen LogP contribution in [0.25, 0.3) is 0 Å². The molecule has 0 aliphatic carbocycles. The van der Waals surface area contributed by atoms with Crippen LogP contribution in [0.4, 0.5) is 4.39 Å². The van der Waals surface area contributed by atoms with E-state index in [0.717, 1.165) is 5.56 Å². The Kier molecular flexibility index (Phi) is 2.92. The average molecular weight is 178 g/mol. The predicted octanol–water partition coefficient (Wildman–Crippen LogP) is 2.40. The smallest absolute Gasteiger partial charge is 0.127 e. The van der Waals surface area contributed by atoms with Crippen LogP contribution in [0.5, 0.6) is 0 Å². The number of halogens is 1. The van der Waals surface area contributed by atoms with E-state index in [0.29, 0.717) is 11.1 Å². The maximum Gasteiger partial charge on any atom is 0.127 e. The molecule has 68 valence electrons. The molecule has 0 aliphatic rings. The highest BCUT2D eigenvalue weighted by Gasteiger charge is 2.01. The number of hydrogen-bond donors (Lipinski definition) is 0. The number of benzene rings is 1. The summed E-state index contributed by atoms with van der Waals surface area (Å²) < 4.78 is 17.7. The molecule has 1 aromatic rings. The molecule has 0 unspecified atom stereocenters. The zero-order valence-electron chi connectivity index (χ0n) is 7.94. The van der Waals surface area contributed by atoms with Gasteiger partial charge in [0.2, 0.25) is 0 Å². The minimum Gasteiger partial charge on any atom is -0.450 e. The van der Waals surface area contributed by atoms with Gasteiger partial charge in [0.15, 0.2) is 0 Å². The minimum atomic E-state index is -0.222. The maximum absolute atomic E-state index is 13.2. The van der Waals surface area contributed by atoms with Crippen molar-refractivity contribution in [3.8, 4) is 12.0 Å². The van der Waals surface area contributed by atoms with Crippen molar-refractivity contribution in [3.05, 3.63) is 34.6 Å². The van der Waals surface area contributed by atoms with Crippen LogP contribution in [0.3, 0.4) is 0 Å². The first-order valence-corrected chi connectivity index (χ1v) is 3.96. The van der Waals surface area contributed by atoms with E-state index >= 15 is 0 Å². The molecule has 0 aromatic heterocycles. The summed E-state index contributed by atoms with van der Waals surface area (Å²) in [5.41, 5.74) is 2.21. The van der Waals surface area contributed by atoms with E-state index in [-0.39, 0.29) is 5.82 Å². The molecule has 1 rings (SSSR count). The molecule has 0 saturated carbocycles. The second kappa shape index (κ2) is 3.95. The Hall–Kier alpha value is -1.49. The van der Waals surface area contributed by atoms with Crippen molar-refractivity contribution in [2.45, 2.75) is 13.8 Å². The monoisotopic (exact) mass is 178 g/mol. The Morgan fingerprint density at radius 1 is 1.31 bits per heavy atom. The Labute approximate surface area is 77.5 Å². The van der Waals surface area contributed by atoms with E-state index in [9.17, 15) is 4.39 Å². The standard InChI is InChI=1S/C11H11FO/c1-8-6-10(4-5-13-3)7-11(12)9(8)2/h6-7H,1-3H3. The molecule has 0 bridgehead atoms. The summed E-state index contributed by atoms with van der Waals surface area (Å²) in [6.45, 7) is 3.61. The van der Waals surface area contributed by atoms with Crippen LogP contribution in [0.2, 0.25) is 0 Å². The van der Waals surface area contributed by atoms with Gasteiger partial charge in [-0.25, -0.2) is 4.39 Å². The van der Waals surface area contributed by atoms with Crippen LogP contribution < -0.4 is 0 Å². The third-order valence-corrected chi connectivity index (χ3v) is 1.90. The molecule has 0 spiro atoms. The largest absolute Gasteiger partial charge is 0.450 e. The molecule has 0 aliphatic heterocycles. The Morgan fingerprint density at radius 3 is 2.54 bits per heavy atom. The third kappa shape index (κ3) is 2.22. The van der Waals surface area contributed by atoms with Gasteiger partial charge < -0.3 is 4.74 Å². The highest BCUT2D eigenvalue weighted by atomic mass is 19.1. The van der Waals surface area contributed by atoms with Crippen molar-refractivity contribution < 1.29 is 9.13 Å². The second-order valence-corrected chi connectivity index (χ2v) is 2.83. The summed E-state index contributed by atoms with van der Waals surface area (Å²) in [4.78, 5) is 0. The highest BCUT2D eigenvalue weighted by molar-refractivity contribution is 5.40. The predicted molar refractivity (Wildman–Crippen MR) is 49.8 cm³/mol. The lowest BCUT2D eigenvalue weighted by molar-refractivity contribution is 0.372. The van der Waals surface area contributed by atoms with E-state index in [4.69, 9.17) is 0 Å². The van der Waals surface area contributed by atoms with Crippen molar-refractivity contribution in [1.29, 1.82) is 0 Å². The van der Waals surface area contributed by atoms with Gasteiger partial charge in [0.1, 0.15) is 11.9 Å². The minimum absolute atomic E-state index is 0.222. The van der Waals surface area contributed by atoms with E-state index in [1.54, 1.807) is 6.92 Å². The number of methoxy groups -OCH3 is 1. The molecule has 0 amide bonds. The molecule has 13 heavy (non-hydrogen) atoms. The van der Waals surface area contributed by atoms with E-state index < -0.39 is 0 Å². The highest BCUT2D eigenvalue weighted by Crippen LogP contribution is 2.13. The van der Waals surface area contributed by atoms with Crippen LogP contribution in [0.1, 0.15) is 16.7 Å². The van der Waals surface area contributed by atoms with E-state index in [1.165, 1.54) is 13.2 Å². The van der Waals surface area contributed by atoms with Gasteiger partial charge in [0, 0.05) is 5.56 Å². The van der Waals surface area contributed by atoms with Crippen LogP contribution >= 0.6 is 0 Å². The molecule has 2 heteroatoms. The van der Waals surface area contributed by atoms with Crippen LogP contribution in [0.15, 0.2) is 12.1 Å². The van der Waals surface area contributed by atoms with Gasteiger partial charge in [-0.2, -0.15) is 0 Å².